The van der Waals surface area contributed by atoms with E-state index in [1.807, 2.05) is 35.8 Å². The number of ether oxygens (including phenoxy) is 1. The van der Waals surface area contributed by atoms with Gasteiger partial charge < -0.3 is 19.4 Å². The molecular formula is C52H39N5OS2. The number of para-hydroxylation sites is 5. The summed E-state index contributed by atoms with van der Waals surface area (Å²) in [5, 5.41) is 2.35. The molecule has 3 aliphatic heterocycles. The highest BCUT2D eigenvalue weighted by Gasteiger charge is 2.35. The lowest BCUT2D eigenvalue weighted by atomic mass is 9.88. The smallest absolute Gasteiger partial charge is 0.137 e. The number of pyridine rings is 1. The molecule has 6 nitrogen and oxygen atoms in total. The number of anilines is 7. The first-order valence-electron chi connectivity index (χ1n) is 20.3. The quantitative estimate of drug-likeness (QED) is 0.171. The SMILES string of the molecule is CC(C)(C)c1ccnc(-n2c3ccccc3c3ccc(Oc4cccc(N5CN(c6cc7c8c(c6)Sc6ccccc6N8c6ccccc6S7)c6ccccc65)c4)cc32)c1. The topological polar surface area (TPSA) is 36.8 Å². The van der Waals surface area contributed by atoms with Gasteiger partial charge in [-0.05, 0) is 102 Å². The van der Waals surface area contributed by atoms with Gasteiger partial charge in [-0.1, -0.05) is 105 Å². The number of aromatic nitrogens is 2. The molecule has 0 fully saturated rings. The molecule has 0 spiro atoms. The van der Waals surface area contributed by atoms with E-state index in [1.165, 1.54) is 59.0 Å². The van der Waals surface area contributed by atoms with Crippen LogP contribution in [0.3, 0.4) is 0 Å². The summed E-state index contributed by atoms with van der Waals surface area (Å²) < 4.78 is 9.00. The van der Waals surface area contributed by atoms with E-state index in [4.69, 9.17) is 9.72 Å². The van der Waals surface area contributed by atoms with Gasteiger partial charge in [-0.15, -0.1) is 0 Å². The van der Waals surface area contributed by atoms with Crippen LogP contribution >= 0.6 is 23.5 Å². The van der Waals surface area contributed by atoms with Crippen molar-refractivity contribution in [1.29, 1.82) is 0 Å². The average Bonchev–Trinajstić information content (AvgIpc) is 3.82. The minimum Gasteiger partial charge on any atom is -0.457 e. The number of nitrogens with zero attached hydrogens (tertiary/aromatic N) is 5. The predicted octanol–water partition coefficient (Wildman–Crippen LogP) is 14.9. The fourth-order valence-electron chi connectivity index (χ4n) is 8.94. The first kappa shape index (κ1) is 35.3. The summed E-state index contributed by atoms with van der Waals surface area (Å²) in [5.41, 5.74) is 11.8. The monoisotopic (exact) mass is 813 g/mol. The molecule has 0 N–H and O–H groups in total. The Balaban J connectivity index is 0.894. The molecule has 3 aliphatic rings. The second-order valence-corrected chi connectivity index (χ2v) is 18.7. The van der Waals surface area contributed by atoms with Gasteiger partial charge in [0.1, 0.15) is 24.0 Å². The third-order valence-corrected chi connectivity index (χ3v) is 14.0. The van der Waals surface area contributed by atoms with Crippen molar-refractivity contribution < 1.29 is 4.74 Å². The van der Waals surface area contributed by atoms with E-state index >= 15 is 0 Å². The van der Waals surface area contributed by atoms with Crippen molar-refractivity contribution >= 4 is 85.1 Å². The Morgan fingerprint density at radius 1 is 0.517 bits per heavy atom. The Morgan fingerprint density at radius 2 is 1.13 bits per heavy atom. The normalized spacial score (nSPS) is 13.9. The lowest BCUT2D eigenvalue weighted by molar-refractivity contribution is 0.483. The van der Waals surface area contributed by atoms with Crippen LogP contribution in [-0.4, -0.2) is 16.2 Å². The van der Waals surface area contributed by atoms with Crippen molar-refractivity contribution in [1.82, 2.24) is 9.55 Å². The molecule has 2 aromatic heterocycles. The van der Waals surface area contributed by atoms with Crippen LogP contribution in [0.5, 0.6) is 11.5 Å². The van der Waals surface area contributed by atoms with Gasteiger partial charge >= 0.3 is 0 Å². The second kappa shape index (κ2) is 13.5. The fraction of sp³-hybridized carbons (Fsp3) is 0.0962. The van der Waals surface area contributed by atoms with E-state index in [2.05, 4.69) is 198 Å². The van der Waals surface area contributed by atoms with Crippen LogP contribution in [0.4, 0.5) is 39.8 Å². The molecule has 0 saturated heterocycles. The molecule has 9 aromatic rings. The molecule has 0 amide bonds. The van der Waals surface area contributed by atoms with Gasteiger partial charge in [0.2, 0.25) is 0 Å². The number of fused-ring (bicyclic) bond motifs is 8. The Bertz CT molecular complexity index is 3130. The first-order valence-corrected chi connectivity index (χ1v) is 21.9. The van der Waals surface area contributed by atoms with E-state index in [0.29, 0.717) is 6.67 Å². The zero-order chi connectivity index (χ0) is 40.1. The van der Waals surface area contributed by atoms with Crippen molar-refractivity contribution in [3.63, 3.8) is 0 Å². The maximum Gasteiger partial charge on any atom is 0.137 e. The minimum atomic E-state index is -0.000955. The van der Waals surface area contributed by atoms with Crippen LogP contribution in [0.25, 0.3) is 27.6 Å². The molecule has 0 unspecified atom stereocenters. The standard InChI is InChI=1S/C52H39N5OS2/c1-52(2,3)33-25-26-53-50(27-33)56-40-16-5-4-15-38(40)39-24-23-37(31-45(39)56)58-36-14-12-13-34(28-36)54-32-55(42-18-7-6-17-41(42)54)35-29-48-51-49(30-35)60-47-22-11-9-20-44(47)57(51)43-19-8-10-21-46(43)59-48/h4-31H,32H2,1-3H3. The van der Waals surface area contributed by atoms with E-state index in [9.17, 15) is 0 Å². The summed E-state index contributed by atoms with van der Waals surface area (Å²) in [4.78, 5) is 17.2. The highest BCUT2D eigenvalue weighted by atomic mass is 32.2. The summed E-state index contributed by atoms with van der Waals surface area (Å²) in [6.07, 6.45) is 1.92. The van der Waals surface area contributed by atoms with Crippen LogP contribution < -0.4 is 19.4 Å². The van der Waals surface area contributed by atoms with Crippen molar-refractivity contribution in [2.24, 2.45) is 0 Å². The van der Waals surface area contributed by atoms with Crippen molar-refractivity contribution in [2.75, 3.05) is 21.4 Å². The number of hydrogen-bond donors (Lipinski definition) is 0. The number of rotatable bonds is 5. The van der Waals surface area contributed by atoms with Gasteiger partial charge in [-0.25, -0.2) is 4.98 Å². The number of benzene rings is 7. The number of hydrogen-bond acceptors (Lipinski definition) is 7. The Morgan fingerprint density at radius 3 is 1.85 bits per heavy atom. The van der Waals surface area contributed by atoms with Crippen molar-refractivity contribution in [3.8, 4) is 17.3 Å². The molecular weight excluding hydrogens is 775 g/mol. The first-order chi connectivity index (χ1) is 29.4. The third kappa shape index (κ3) is 5.62. The summed E-state index contributed by atoms with van der Waals surface area (Å²) >= 11 is 3.73. The molecule has 60 heavy (non-hydrogen) atoms. The van der Waals surface area contributed by atoms with Crippen LogP contribution in [0.1, 0.15) is 26.3 Å². The Labute approximate surface area is 357 Å². The lowest BCUT2D eigenvalue weighted by Crippen LogP contribution is -2.25. The maximum absolute atomic E-state index is 6.73. The lowest BCUT2D eigenvalue weighted by Gasteiger charge is -2.39. The maximum atomic E-state index is 6.73. The predicted molar refractivity (Wildman–Crippen MR) is 249 cm³/mol. The van der Waals surface area contributed by atoms with Gasteiger partial charge in [-0.2, -0.15) is 0 Å². The molecule has 0 saturated carbocycles. The molecule has 12 rings (SSSR count). The van der Waals surface area contributed by atoms with Gasteiger partial charge in [0, 0.05) is 60.1 Å². The molecule has 0 aliphatic carbocycles. The highest BCUT2D eigenvalue weighted by Crippen LogP contribution is 2.61. The van der Waals surface area contributed by atoms with Gasteiger partial charge in [0.05, 0.1) is 39.5 Å². The van der Waals surface area contributed by atoms with E-state index < -0.39 is 0 Å². The van der Waals surface area contributed by atoms with E-state index in [0.717, 1.165) is 45.1 Å². The zero-order valence-electron chi connectivity index (χ0n) is 33.3. The van der Waals surface area contributed by atoms with Gasteiger partial charge in [0.15, 0.2) is 0 Å². The van der Waals surface area contributed by atoms with Crippen LogP contribution in [0.15, 0.2) is 190 Å². The van der Waals surface area contributed by atoms with Gasteiger partial charge in [0.25, 0.3) is 0 Å². The summed E-state index contributed by atoms with van der Waals surface area (Å²) in [5.74, 6) is 2.45. The zero-order valence-corrected chi connectivity index (χ0v) is 35.0. The van der Waals surface area contributed by atoms with E-state index in [1.54, 1.807) is 0 Å². The van der Waals surface area contributed by atoms with Crippen LogP contribution in [-0.2, 0) is 5.41 Å². The summed E-state index contributed by atoms with van der Waals surface area (Å²) in [6, 6.07) is 58.8. The van der Waals surface area contributed by atoms with Crippen molar-refractivity contribution in [3.05, 3.63) is 176 Å². The second-order valence-electron chi connectivity index (χ2n) is 16.5. The fourth-order valence-corrected chi connectivity index (χ4v) is 11.3. The molecule has 5 heterocycles. The van der Waals surface area contributed by atoms with Crippen molar-refractivity contribution in [2.45, 2.75) is 45.8 Å². The summed E-state index contributed by atoms with van der Waals surface area (Å²) in [7, 11) is 0. The van der Waals surface area contributed by atoms with Gasteiger partial charge in [-0.3, -0.25) is 4.57 Å². The third-order valence-electron chi connectivity index (χ3n) is 11.8. The Hall–Kier alpha value is -6.61. The molecule has 290 valence electrons. The minimum absolute atomic E-state index is 0.000955. The van der Waals surface area contributed by atoms with Crippen LogP contribution in [0, 0.1) is 0 Å². The average molecular weight is 814 g/mol. The van der Waals surface area contributed by atoms with Crippen LogP contribution in [0.2, 0.25) is 0 Å². The molecule has 8 heteroatoms. The molecule has 7 aromatic carbocycles. The molecule has 0 atom stereocenters. The molecule has 0 bridgehead atoms. The highest BCUT2D eigenvalue weighted by molar-refractivity contribution is 8.00. The Kier molecular flexibility index (Phi) is 7.93. The van der Waals surface area contributed by atoms with E-state index in [-0.39, 0.29) is 5.41 Å². The largest absolute Gasteiger partial charge is 0.457 e. The molecule has 0 radical (unpaired) electrons. The summed E-state index contributed by atoms with van der Waals surface area (Å²) in [6.45, 7) is 7.39.